The lowest BCUT2D eigenvalue weighted by atomic mass is 10.0. The number of halogens is 2. The number of nitrogens with one attached hydrogen (secondary N) is 2. The van der Waals surface area contributed by atoms with Crippen molar-refractivity contribution < 1.29 is 14.4 Å². The Kier molecular flexibility index (Phi) is 7.56. The summed E-state index contributed by atoms with van der Waals surface area (Å²) in [6.07, 6.45) is 3.75. The molecule has 1 aliphatic carbocycles. The van der Waals surface area contributed by atoms with E-state index >= 15 is 0 Å². The van der Waals surface area contributed by atoms with Crippen LogP contribution < -0.4 is 10.6 Å². The van der Waals surface area contributed by atoms with E-state index in [1.807, 2.05) is 35.2 Å². The van der Waals surface area contributed by atoms with Gasteiger partial charge in [0, 0.05) is 36.5 Å². The van der Waals surface area contributed by atoms with Crippen molar-refractivity contribution in [1.82, 2.24) is 15.5 Å². The Hall–Kier alpha value is -2.57. The summed E-state index contributed by atoms with van der Waals surface area (Å²) in [5.41, 5.74) is 1.20. The van der Waals surface area contributed by atoms with Gasteiger partial charge in [0.1, 0.15) is 6.04 Å². The molecule has 2 fully saturated rings. The molecular weight excluding hydrogens is 461 g/mol. The molecule has 1 aliphatic heterocycles. The van der Waals surface area contributed by atoms with E-state index in [0.29, 0.717) is 37.4 Å². The molecule has 1 saturated carbocycles. The van der Waals surface area contributed by atoms with Gasteiger partial charge in [-0.3, -0.25) is 14.4 Å². The van der Waals surface area contributed by atoms with E-state index in [-0.39, 0.29) is 34.4 Å². The summed E-state index contributed by atoms with van der Waals surface area (Å²) >= 11 is 12.1. The third-order valence-corrected chi connectivity index (χ3v) is 6.71. The van der Waals surface area contributed by atoms with Gasteiger partial charge in [-0.15, -0.1) is 0 Å². The maximum Gasteiger partial charge on any atom is 0.253 e. The van der Waals surface area contributed by atoms with Gasteiger partial charge in [0.05, 0.1) is 10.6 Å². The Bertz CT molecular complexity index is 1020. The van der Waals surface area contributed by atoms with Crippen LogP contribution in [0.2, 0.25) is 10.0 Å². The average molecular weight is 488 g/mol. The smallest absolute Gasteiger partial charge is 0.253 e. The van der Waals surface area contributed by atoms with Crippen molar-refractivity contribution in [3.8, 4) is 0 Å². The number of hydrogen-bond acceptors (Lipinski definition) is 3. The molecule has 0 spiro atoms. The molecule has 1 heterocycles. The molecule has 2 aromatic carbocycles. The van der Waals surface area contributed by atoms with Crippen molar-refractivity contribution in [2.75, 3.05) is 13.1 Å². The first-order chi connectivity index (χ1) is 15.9. The molecular formula is C25H27Cl2N3O3. The number of likely N-dealkylation sites (tertiary alicyclic amines) is 1. The number of nitrogens with zero attached hydrogens (tertiary/aromatic N) is 1. The van der Waals surface area contributed by atoms with E-state index in [2.05, 4.69) is 10.6 Å². The molecule has 3 amide bonds. The zero-order valence-corrected chi connectivity index (χ0v) is 19.7. The van der Waals surface area contributed by atoms with Gasteiger partial charge in [0.15, 0.2) is 0 Å². The third-order valence-electron chi connectivity index (χ3n) is 6.16. The van der Waals surface area contributed by atoms with Crippen molar-refractivity contribution in [3.05, 3.63) is 69.7 Å². The molecule has 0 aromatic heterocycles. The molecule has 0 radical (unpaired) electrons. The lowest BCUT2D eigenvalue weighted by molar-refractivity contribution is -0.133. The minimum Gasteiger partial charge on any atom is -0.351 e. The number of benzene rings is 2. The second kappa shape index (κ2) is 10.6. The molecule has 2 aliphatic rings. The van der Waals surface area contributed by atoms with Gasteiger partial charge in [-0.25, -0.2) is 0 Å². The van der Waals surface area contributed by atoms with Crippen LogP contribution in [-0.4, -0.2) is 47.8 Å². The lowest BCUT2D eigenvalue weighted by Crippen LogP contribution is -2.53. The van der Waals surface area contributed by atoms with Crippen LogP contribution >= 0.6 is 23.2 Å². The fourth-order valence-electron chi connectivity index (χ4n) is 4.10. The molecule has 2 N–H and O–H groups in total. The van der Waals surface area contributed by atoms with Gasteiger partial charge in [-0.05, 0) is 49.4 Å². The summed E-state index contributed by atoms with van der Waals surface area (Å²) in [5.74, 6) is -0.225. The first-order valence-corrected chi connectivity index (χ1v) is 12.1. The van der Waals surface area contributed by atoms with Crippen molar-refractivity contribution in [1.29, 1.82) is 0 Å². The minimum atomic E-state index is -0.766. The summed E-state index contributed by atoms with van der Waals surface area (Å²) in [4.78, 5) is 40.3. The second-order valence-electron chi connectivity index (χ2n) is 8.72. The summed E-state index contributed by atoms with van der Waals surface area (Å²) in [6.45, 7) is 1.30. The summed E-state index contributed by atoms with van der Waals surface area (Å²) in [5, 5.41) is 6.58. The molecule has 0 unspecified atom stereocenters. The van der Waals surface area contributed by atoms with Crippen LogP contribution in [0.3, 0.4) is 0 Å². The van der Waals surface area contributed by atoms with Crippen LogP contribution in [0.15, 0.2) is 48.5 Å². The van der Waals surface area contributed by atoms with Crippen molar-refractivity contribution >= 4 is 40.9 Å². The van der Waals surface area contributed by atoms with Gasteiger partial charge in [-0.1, -0.05) is 53.5 Å². The van der Waals surface area contributed by atoms with Gasteiger partial charge in [0.2, 0.25) is 11.8 Å². The molecule has 8 heteroatoms. The fraction of sp³-hybridized carbons (Fsp3) is 0.400. The second-order valence-corrected chi connectivity index (χ2v) is 9.57. The molecule has 0 bridgehead atoms. The van der Waals surface area contributed by atoms with Crippen LogP contribution in [0, 0.1) is 5.92 Å². The predicted octanol–water partition coefficient (Wildman–Crippen LogP) is 3.85. The highest BCUT2D eigenvalue weighted by molar-refractivity contribution is 6.36. The SMILES string of the molecule is O=C(N[C@@H](Cc1ccccc1)C(=O)NC1CCN(C(=O)C2CC2)CC1)c1ccc(Cl)cc1Cl. The highest BCUT2D eigenvalue weighted by atomic mass is 35.5. The molecule has 1 saturated heterocycles. The van der Waals surface area contributed by atoms with Crippen LogP contribution in [0.1, 0.15) is 41.6 Å². The van der Waals surface area contributed by atoms with Crippen LogP contribution in [0.5, 0.6) is 0 Å². The topological polar surface area (TPSA) is 78.5 Å². The summed E-state index contributed by atoms with van der Waals surface area (Å²) in [6, 6.07) is 13.4. The number of hydrogen-bond donors (Lipinski definition) is 2. The molecule has 6 nitrogen and oxygen atoms in total. The van der Waals surface area contributed by atoms with E-state index in [1.165, 1.54) is 6.07 Å². The van der Waals surface area contributed by atoms with Crippen LogP contribution in [0.25, 0.3) is 0 Å². The normalized spacial score (nSPS) is 17.3. The zero-order valence-electron chi connectivity index (χ0n) is 18.2. The molecule has 1 atom stereocenters. The maximum atomic E-state index is 13.2. The minimum absolute atomic E-state index is 0.0324. The number of piperidine rings is 1. The van der Waals surface area contributed by atoms with E-state index in [9.17, 15) is 14.4 Å². The van der Waals surface area contributed by atoms with Gasteiger partial charge < -0.3 is 15.5 Å². The van der Waals surface area contributed by atoms with Crippen LogP contribution in [0.4, 0.5) is 0 Å². The quantitative estimate of drug-likeness (QED) is 0.622. The Balaban J connectivity index is 1.41. The maximum absolute atomic E-state index is 13.2. The van der Waals surface area contributed by atoms with Gasteiger partial charge in [0.25, 0.3) is 5.91 Å². The highest BCUT2D eigenvalue weighted by Gasteiger charge is 2.35. The molecule has 2 aromatic rings. The summed E-state index contributed by atoms with van der Waals surface area (Å²) < 4.78 is 0. The third kappa shape index (κ3) is 6.27. The van der Waals surface area contributed by atoms with E-state index in [4.69, 9.17) is 23.2 Å². The summed E-state index contributed by atoms with van der Waals surface area (Å²) in [7, 11) is 0. The van der Waals surface area contributed by atoms with E-state index < -0.39 is 11.9 Å². The highest BCUT2D eigenvalue weighted by Crippen LogP contribution is 2.32. The van der Waals surface area contributed by atoms with E-state index in [0.717, 1.165) is 18.4 Å². The fourth-order valence-corrected chi connectivity index (χ4v) is 4.60. The monoisotopic (exact) mass is 487 g/mol. The molecule has 4 rings (SSSR count). The zero-order chi connectivity index (χ0) is 23.4. The largest absolute Gasteiger partial charge is 0.351 e. The lowest BCUT2D eigenvalue weighted by Gasteiger charge is -2.33. The Morgan fingerprint density at radius 3 is 2.30 bits per heavy atom. The Morgan fingerprint density at radius 2 is 1.67 bits per heavy atom. The number of rotatable bonds is 7. The first-order valence-electron chi connectivity index (χ1n) is 11.3. The average Bonchev–Trinajstić information content (AvgIpc) is 3.65. The number of carbonyl (C=O) groups excluding carboxylic acids is 3. The van der Waals surface area contributed by atoms with Crippen molar-refractivity contribution in [2.24, 2.45) is 5.92 Å². The van der Waals surface area contributed by atoms with Crippen molar-refractivity contribution in [2.45, 2.75) is 44.2 Å². The van der Waals surface area contributed by atoms with Crippen LogP contribution in [-0.2, 0) is 16.0 Å². The molecule has 174 valence electrons. The van der Waals surface area contributed by atoms with E-state index in [1.54, 1.807) is 12.1 Å². The Labute approximate surface area is 203 Å². The standard InChI is InChI=1S/C25H27Cl2N3O3/c26-18-8-9-20(21(27)15-18)23(31)29-22(14-16-4-2-1-3-5-16)24(32)28-19-10-12-30(13-11-19)25(33)17-6-7-17/h1-5,8-9,15,17,19,22H,6-7,10-14H2,(H,28,32)(H,29,31)/t22-/m0/s1. The van der Waals surface area contributed by atoms with Crippen molar-refractivity contribution in [3.63, 3.8) is 0 Å². The molecule has 33 heavy (non-hydrogen) atoms. The van der Waals surface area contributed by atoms with Gasteiger partial charge in [-0.2, -0.15) is 0 Å². The Morgan fingerprint density at radius 1 is 0.970 bits per heavy atom. The predicted molar refractivity (Wildman–Crippen MR) is 128 cm³/mol. The van der Waals surface area contributed by atoms with Gasteiger partial charge >= 0.3 is 0 Å². The number of amides is 3. The number of carbonyl (C=O) groups is 3. The first kappa shape index (κ1) is 23.6.